The summed E-state index contributed by atoms with van der Waals surface area (Å²) in [5.41, 5.74) is 2.33. The van der Waals surface area contributed by atoms with Crippen LogP contribution in [0, 0.1) is 0 Å². The number of carbonyl (C=O) groups is 1. The van der Waals surface area contributed by atoms with E-state index >= 15 is 0 Å². The molecule has 2 N–H and O–H groups in total. The SMILES string of the molecule is O=C(NC(=S)Nc1ccccc1N1CCOCC1)c1ccc2c(c1)OCCO2. The van der Waals surface area contributed by atoms with Gasteiger partial charge in [0.25, 0.3) is 5.91 Å². The van der Waals surface area contributed by atoms with Crippen LogP contribution >= 0.6 is 12.2 Å². The van der Waals surface area contributed by atoms with Gasteiger partial charge in [-0.15, -0.1) is 0 Å². The van der Waals surface area contributed by atoms with Crippen LogP contribution in [0.2, 0.25) is 0 Å². The van der Waals surface area contributed by atoms with Crippen LogP contribution in [0.25, 0.3) is 0 Å². The van der Waals surface area contributed by atoms with Crippen LogP contribution in [-0.4, -0.2) is 50.5 Å². The number of benzene rings is 2. The molecule has 0 unspecified atom stereocenters. The lowest BCUT2D eigenvalue weighted by Crippen LogP contribution is -2.38. The Morgan fingerprint density at radius 1 is 0.964 bits per heavy atom. The van der Waals surface area contributed by atoms with Crippen LogP contribution in [-0.2, 0) is 4.74 Å². The Labute approximate surface area is 168 Å². The van der Waals surface area contributed by atoms with Crippen molar-refractivity contribution in [3.8, 4) is 11.5 Å². The summed E-state index contributed by atoms with van der Waals surface area (Å²) in [6, 6.07) is 12.9. The summed E-state index contributed by atoms with van der Waals surface area (Å²) in [6.45, 7) is 3.99. The van der Waals surface area contributed by atoms with Crippen molar-refractivity contribution < 1.29 is 19.0 Å². The van der Waals surface area contributed by atoms with Gasteiger partial charge in [0, 0.05) is 18.7 Å². The first-order chi connectivity index (χ1) is 13.7. The number of para-hydroxylation sites is 2. The number of hydrogen-bond donors (Lipinski definition) is 2. The maximum Gasteiger partial charge on any atom is 0.257 e. The summed E-state index contributed by atoms with van der Waals surface area (Å²) in [6.07, 6.45) is 0. The summed E-state index contributed by atoms with van der Waals surface area (Å²) >= 11 is 5.35. The Morgan fingerprint density at radius 3 is 2.54 bits per heavy atom. The largest absolute Gasteiger partial charge is 0.486 e. The Balaban J connectivity index is 1.43. The number of rotatable bonds is 3. The smallest absolute Gasteiger partial charge is 0.257 e. The van der Waals surface area contributed by atoms with E-state index in [9.17, 15) is 4.79 Å². The van der Waals surface area contributed by atoms with Crippen LogP contribution in [0.1, 0.15) is 10.4 Å². The molecule has 0 spiro atoms. The second-order valence-corrected chi connectivity index (χ2v) is 6.79. The number of amides is 1. The van der Waals surface area contributed by atoms with Gasteiger partial charge in [0.05, 0.1) is 24.6 Å². The minimum Gasteiger partial charge on any atom is -0.486 e. The maximum atomic E-state index is 12.6. The van der Waals surface area contributed by atoms with E-state index in [0.29, 0.717) is 43.5 Å². The van der Waals surface area contributed by atoms with Crippen molar-refractivity contribution in [1.29, 1.82) is 0 Å². The van der Waals surface area contributed by atoms with Crippen LogP contribution in [0.15, 0.2) is 42.5 Å². The molecule has 0 aliphatic carbocycles. The number of morpholine rings is 1. The van der Waals surface area contributed by atoms with E-state index in [4.69, 9.17) is 26.4 Å². The first kappa shape index (κ1) is 18.5. The molecule has 2 heterocycles. The summed E-state index contributed by atoms with van der Waals surface area (Å²) in [7, 11) is 0. The second kappa shape index (κ2) is 8.45. The lowest BCUT2D eigenvalue weighted by atomic mass is 10.2. The lowest BCUT2D eigenvalue weighted by molar-refractivity contribution is 0.0976. The van der Waals surface area contributed by atoms with E-state index in [-0.39, 0.29) is 11.0 Å². The quantitative estimate of drug-likeness (QED) is 0.768. The molecule has 0 atom stereocenters. The molecule has 146 valence electrons. The van der Waals surface area contributed by atoms with E-state index in [1.165, 1.54) is 0 Å². The minimum absolute atomic E-state index is 0.237. The third-order valence-corrected chi connectivity index (χ3v) is 4.74. The summed E-state index contributed by atoms with van der Waals surface area (Å²) in [5.74, 6) is 0.900. The number of carbonyl (C=O) groups excluding carboxylic acids is 1. The highest BCUT2D eigenvalue weighted by Crippen LogP contribution is 2.31. The second-order valence-electron chi connectivity index (χ2n) is 6.38. The fourth-order valence-corrected chi connectivity index (χ4v) is 3.38. The number of nitrogens with zero attached hydrogens (tertiary/aromatic N) is 1. The molecular formula is C20H21N3O4S. The van der Waals surface area contributed by atoms with Crippen LogP contribution in [0.3, 0.4) is 0 Å². The molecule has 2 aromatic rings. The fourth-order valence-electron chi connectivity index (χ4n) is 3.17. The van der Waals surface area contributed by atoms with Crippen LogP contribution in [0.4, 0.5) is 11.4 Å². The zero-order valence-electron chi connectivity index (χ0n) is 15.3. The Kier molecular flexibility index (Phi) is 5.59. The normalized spacial score (nSPS) is 15.6. The molecule has 2 aromatic carbocycles. The van der Waals surface area contributed by atoms with Crippen molar-refractivity contribution in [2.75, 3.05) is 49.7 Å². The predicted molar refractivity (Wildman–Crippen MR) is 111 cm³/mol. The van der Waals surface area contributed by atoms with E-state index < -0.39 is 0 Å². The highest BCUT2D eigenvalue weighted by atomic mass is 32.1. The van der Waals surface area contributed by atoms with E-state index in [0.717, 1.165) is 24.5 Å². The van der Waals surface area contributed by atoms with Crippen molar-refractivity contribution in [1.82, 2.24) is 5.32 Å². The van der Waals surface area contributed by atoms with E-state index in [1.807, 2.05) is 24.3 Å². The first-order valence-electron chi connectivity index (χ1n) is 9.14. The molecule has 0 bridgehead atoms. The third kappa shape index (κ3) is 4.18. The fraction of sp³-hybridized carbons (Fsp3) is 0.300. The first-order valence-corrected chi connectivity index (χ1v) is 9.55. The van der Waals surface area contributed by atoms with Crippen molar-refractivity contribution in [2.45, 2.75) is 0 Å². The predicted octanol–water partition coefficient (Wildman–Crippen LogP) is 2.42. The number of ether oxygens (including phenoxy) is 3. The molecule has 1 amide bonds. The molecule has 28 heavy (non-hydrogen) atoms. The van der Waals surface area contributed by atoms with Gasteiger partial charge < -0.3 is 24.4 Å². The molecule has 2 aliphatic heterocycles. The molecule has 1 fully saturated rings. The number of fused-ring (bicyclic) bond motifs is 1. The highest BCUT2D eigenvalue weighted by molar-refractivity contribution is 7.80. The molecule has 4 rings (SSSR count). The highest BCUT2D eigenvalue weighted by Gasteiger charge is 2.17. The van der Waals surface area contributed by atoms with Gasteiger partial charge in [-0.25, -0.2) is 0 Å². The van der Waals surface area contributed by atoms with Gasteiger partial charge >= 0.3 is 0 Å². The van der Waals surface area contributed by atoms with Gasteiger partial charge in [-0.2, -0.15) is 0 Å². The summed E-state index contributed by atoms with van der Waals surface area (Å²) in [4.78, 5) is 14.8. The van der Waals surface area contributed by atoms with Crippen molar-refractivity contribution in [3.05, 3.63) is 48.0 Å². The van der Waals surface area contributed by atoms with E-state index in [1.54, 1.807) is 18.2 Å². The zero-order chi connectivity index (χ0) is 19.3. The van der Waals surface area contributed by atoms with Gasteiger partial charge in [0.15, 0.2) is 16.6 Å². The average Bonchev–Trinajstić information content (AvgIpc) is 2.74. The number of hydrogen-bond acceptors (Lipinski definition) is 6. The number of thiocarbonyl (C=S) groups is 1. The lowest BCUT2D eigenvalue weighted by Gasteiger charge is -2.30. The zero-order valence-corrected chi connectivity index (χ0v) is 16.1. The molecule has 8 heteroatoms. The average molecular weight is 399 g/mol. The van der Waals surface area contributed by atoms with Crippen molar-refractivity contribution >= 4 is 34.6 Å². The Hall–Kier alpha value is -2.84. The summed E-state index contributed by atoms with van der Waals surface area (Å²) in [5, 5.41) is 6.09. The van der Waals surface area contributed by atoms with Gasteiger partial charge in [0.1, 0.15) is 13.2 Å². The molecule has 2 aliphatic rings. The molecule has 0 saturated carbocycles. The number of anilines is 2. The van der Waals surface area contributed by atoms with Crippen LogP contribution < -0.4 is 25.0 Å². The van der Waals surface area contributed by atoms with Crippen molar-refractivity contribution in [3.63, 3.8) is 0 Å². The molecule has 0 aromatic heterocycles. The molecular weight excluding hydrogens is 378 g/mol. The summed E-state index contributed by atoms with van der Waals surface area (Å²) < 4.78 is 16.4. The van der Waals surface area contributed by atoms with Gasteiger partial charge in [-0.3, -0.25) is 10.1 Å². The standard InChI is InChI=1S/C20H21N3O4S/c24-19(14-5-6-17-18(13-14)27-12-11-26-17)22-20(28)21-15-3-1-2-4-16(15)23-7-9-25-10-8-23/h1-6,13H,7-12H2,(H2,21,22,24,28). The topological polar surface area (TPSA) is 72.1 Å². The monoisotopic (exact) mass is 399 g/mol. The number of nitrogens with one attached hydrogen (secondary N) is 2. The van der Waals surface area contributed by atoms with E-state index in [2.05, 4.69) is 15.5 Å². The molecule has 1 saturated heterocycles. The maximum absolute atomic E-state index is 12.6. The van der Waals surface area contributed by atoms with Crippen molar-refractivity contribution in [2.24, 2.45) is 0 Å². The van der Waals surface area contributed by atoms with Gasteiger partial charge in [0.2, 0.25) is 0 Å². The van der Waals surface area contributed by atoms with Gasteiger partial charge in [-0.1, -0.05) is 12.1 Å². The van der Waals surface area contributed by atoms with Crippen LogP contribution in [0.5, 0.6) is 11.5 Å². The minimum atomic E-state index is -0.307. The molecule has 0 radical (unpaired) electrons. The van der Waals surface area contributed by atoms with Gasteiger partial charge in [-0.05, 0) is 42.5 Å². The Morgan fingerprint density at radius 2 is 1.71 bits per heavy atom. The molecule has 7 nitrogen and oxygen atoms in total. The third-order valence-electron chi connectivity index (χ3n) is 4.54. The Bertz CT molecular complexity index is 884.